The Bertz CT molecular complexity index is 192. The smallest absolute Gasteiger partial charge is 0.179 e. The van der Waals surface area contributed by atoms with Crippen LogP contribution in [0.3, 0.4) is 0 Å². The van der Waals surface area contributed by atoms with E-state index < -0.39 is 6.29 Å². The first-order valence-electron chi connectivity index (χ1n) is 4.19. The molecular formula is C9H16O4. The standard InChI is InChI=1S/C9H16O4/c1-5-7(11-3)8(12-4)6(2)13-9(5)10/h6-10H,1H2,2-4H3/t6-,7?,8-,9?/m0/s1. The molecule has 1 aliphatic heterocycles. The Morgan fingerprint density at radius 3 is 2.46 bits per heavy atom. The first kappa shape index (κ1) is 10.7. The van der Waals surface area contributed by atoms with Crippen LogP contribution in [0.15, 0.2) is 12.2 Å². The number of aliphatic hydroxyl groups excluding tert-OH is 1. The molecule has 4 atom stereocenters. The second kappa shape index (κ2) is 4.19. The number of rotatable bonds is 2. The van der Waals surface area contributed by atoms with E-state index >= 15 is 0 Å². The minimum absolute atomic E-state index is 0.199. The zero-order valence-corrected chi connectivity index (χ0v) is 8.19. The van der Waals surface area contributed by atoms with E-state index in [-0.39, 0.29) is 18.3 Å². The molecule has 0 aliphatic carbocycles. The fourth-order valence-corrected chi connectivity index (χ4v) is 1.57. The second-order valence-electron chi connectivity index (χ2n) is 3.13. The maximum Gasteiger partial charge on any atom is 0.179 e. The zero-order valence-electron chi connectivity index (χ0n) is 8.19. The molecule has 0 aromatic heterocycles. The van der Waals surface area contributed by atoms with Gasteiger partial charge in [-0.15, -0.1) is 0 Å². The molecule has 0 saturated carbocycles. The predicted octanol–water partition coefficient (Wildman–Crippen LogP) is 0.310. The lowest BCUT2D eigenvalue weighted by molar-refractivity contribution is -0.203. The molecule has 1 aliphatic rings. The van der Waals surface area contributed by atoms with E-state index in [0.717, 1.165) is 0 Å². The molecule has 4 heteroatoms. The lowest BCUT2D eigenvalue weighted by Crippen LogP contribution is -2.50. The van der Waals surface area contributed by atoms with Crippen molar-refractivity contribution in [1.82, 2.24) is 0 Å². The van der Waals surface area contributed by atoms with Crippen LogP contribution in [0.2, 0.25) is 0 Å². The summed E-state index contributed by atoms with van der Waals surface area (Å²) in [6.45, 7) is 5.53. The van der Waals surface area contributed by atoms with E-state index in [4.69, 9.17) is 14.2 Å². The monoisotopic (exact) mass is 188 g/mol. The third kappa shape index (κ3) is 1.91. The lowest BCUT2D eigenvalue weighted by Gasteiger charge is -2.38. The maximum atomic E-state index is 9.41. The van der Waals surface area contributed by atoms with Crippen LogP contribution in [0.1, 0.15) is 6.92 Å². The summed E-state index contributed by atoms with van der Waals surface area (Å²) in [4.78, 5) is 0. The Morgan fingerprint density at radius 1 is 1.38 bits per heavy atom. The van der Waals surface area contributed by atoms with Crippen LogP contribution in [-0.4, -0.2) is 43.9 Å². The Morgan fingerprint density at radius 2 is 2.00 bits per heavy atom. The number of ether oxygens (including phenoxy) is 3. The number of hydrogen-bond acceptors (Lipinski definition) is 4. The van der Waals surface area contributed by atoms with Gasteiger partial charge in [0.05, 0.1) is 6.10 Å². The molecule has 1 fully saturated rings. The minimum atomic E-state index is -0.952. The number of methoxy groups -OCH3 is 2. The maximum absolute atomic E-state index is 9.41. The molecular weight excluding hydrogens is 172 g/mol. The summed E-state index contributed by atoms with van der Waals surface area (Å²) in [5.41, 5.74) is 0.507. The van der Waals surface area contributed by atoms with Crippen molar-refractivity contribution in [2.24, 2.45) is 0 Å². The Hall–Kier alpha value is -0.420. The van der Waals surface area contributed by atoms with Crippen molar-refractivity contribution in [3.63, 3.8) is 0 Å². The van der Waals surface area contributed by atoms with Gasteiger partial charge >= 0.3 is 0 Å². The fraction of sp³-hybridized carbons (Fsp3) is 0.778. The van der Waals surface area contributed by atoms with Gasteiger partial charge in [0.1, 0.15) is 12.2 Å². The highest BCUT2D eigenvalue weighted by molar-refractivity contribution is 5.12. The molecule has 0 amide bonds. The Labute approximate surface area is 78.1 Å². The van der Waals surface area contributed by atoms with Gasteiger partial charge in [-0.2, -0.15) is 0 Å². The quantitative estimate of drug-likeness (QED) is 0.633. The average Bonchev–Trinajstić information content (AvgIpc) is 2.10. The summed E-state index contributed by atoms with van der Waals surface area (Å²) < 4.78 is 15.6. The first-order valence-corrected chi connectivity index (χ1v) is 4.19. The van der Waals surface area contributed by atoms with Gasteiger partial charge in [-0.05, 0) is 6.92 Å². The van der Waals surface area contributed by atoms with Gasteiger partial charge in [0.2, 0.25) is 0 Å². The van der Waals surface area contributed by atoms with Crippen molar-refractivity contribution >= 4 is 0 Å². The highest BCUT2D eigenvalue weighted by Gasteiger charge is 2.38. The number of hydrogen-bond donors (Lipinski definition) is 1. The molecule has 1 rings (SSSR count). The van der Waals surface area contributed by atoms with Gasteiger partial charge in [-0.1, -0.05) is 6.58 Å². The van der Waals surface area contributed by atoms with Crippen LogP contribution >= 0.6 is 0 Å². The van der Waals surface area contributed by atoms with Crippen molar-refractivity contribution in [2.75, 3.05) is 14.2 Å². The van der Waals surface area contributed by atoms with Gasteiger partial charge < -0.3 is 19.3 Å². The molecule has 0 aromatic rings. The van der Waals surface area contributed by atoms with Crippen LogP contribution in [0.4, 0.5) is 0 Å². The molecule has 0 aromatic carbocycles. The average molecular weight is 188 g/mol. The minimum Gasteiger partial charge on any atom is -0.376 e. The zero-order chi connectivity index (χ0) is 10.0. The highest BCUT2D eigenvalue weighted by Crippen LogP contribution is 2.26. The van der Waals surface area contributed by atoms with Gasteiger partial charge in [0.15, 0.2) is 6.29 Å². The van der Waals surface area contributed by atoms with Gasteiger partial charge in [-0.25, -0.2) is 0 Å². The predicted molar refractivity (Wildman–Crippen MR) is 47.3 cm³/mol. The molecule has 1 N–H and O–H groups in total. The second-order valence-corrected chi connectivity index (χ2v) is 3.13. The van der Waals surface area contributed by atoms with E-state index in [2.05, 4.69) is 6.58 Å². The van der Waals surface area contributed by atoms with E-state index in [1.54, 1.807) is 14.2 Å². The van der Waals surface area contributed by atoms with Crippen molar-refractivity contribution in [1.29, 1.82) is 0 Å². The van der Waals surface area contributed by atoms with E-state index in [1.807, 2.05) is 6.92 Å². The van der Waals surface area contributed by atoms with E-state index in [0.29, 0.717) is 5.57 Å². The third-order valence-corrected chi connectivity index (χ3v) is 2.31. The molecule has 1 heterocycles. The summed E-state index contributed by atoms with van der Waals surface area (Å²) in [6.07, 6.45) is -1.66. The van der Waals surface area contributed by atoms with E-state index in [9.17, 15) is 5.11 Å². The fourth-order valence-electron chi connectivity index (χ4n) is 1.57. The van der Waals surface area contributed by atoms with Crippen LogP contribution in [-0.2, 0) is 14.2 Å². The van der Waals surface area contributed by atoms with Gasteiger partial charge in [0, 0.05) is 19.8 Å². The van der Waals surface area contributed by atoms with Gasteiger partial charge in [-0.3, -0.25) is 0 Å². The molecule has 1 saturated heterocycles. The molecule has 0 spiro atoms. The molecule has 0 bridgehead atoms. The summed E-state index contributed by atoms with van der Waals surface area (Å²) in [5, 5.41) is 9.41. The van der Waals surface area contributed by atoms with Crippen LogP contribution in [0.25, 0.3) is 0 Å². The molecule has 13 heavy (non-hydrogen) atoms. The van der Waals surface area contributed by atoms with Crippen molar-refractivity contribution in [3.05, 3.63) is 12.2 Å². The summed E-state index contributed by atoms with van der Waals surface area (Å²) in [7, 11) is 3.15. The van der Waals surface area contributed by atoms with E-state index in [1.165, 1.54) is 0 Å². The highest BCUT2D eigenvalue weighted by atomic mass is 16.6. The summed E-state index contributed by atoms with van der Waals surface area (Å²) in [6, 6.07) is 0. The third-order valence-electron chi connectivity index (χ3n) is 2.31. The SMILES string of the molecule is C=C1C(O)O[C@@H](C)[C@H](OC)C1OC. The lowest BCUT2D eigenvalue weighted by atomic mass is 9.98. The van der Waals surface area contributed by atoms with Crippen LogP contribution in [0.5, 0.6) is 0 Å². The largest absolute Gasteiger partial charge is 0.376 e. The molecule has 0 radical (unpaired) electrons. The normalized spacial score (nSPS) is 40.8. The number of aliphatic hydroxyl groups is 1. The van der Waals surface area contributed by atoms with Crippen LogP contribution < -0.4 is 0 Å². The van der Waals surface area contributed by atoms with Crippen molar-refractivity contribution in [2.45, 2.75) is 31.5 Å². The molecule has 76 valence electrons. The van der Waals surface area contributed by atoms with Gasteiger partial charge in [0.25, 0.3) is 0 Å². The molecule has 4 nitrogen and oxygen atoms in total. The van der Waals surface area contributed by atoms with Crippen molar-refractivity contribution in [3.8, 4) is 0 Å². The first-order chi connectivity index (χ1) is 6.11. The Balaban J connectivity index is 2.77. The topological polar surface area (TPSA) is 47.9 Å². The summed E-state index contributed by atoms with van der Waals surface area (Å²) >= 11 is 0. The van der Waals surface area contributed by atoms with Crippen LogP contribution in [0, 0.1) is 0 Å². The molecule has 2 unspecified atom stereocenters. The van der Waals surface area contributed by atoms with Crippen molar-refractivity contribution < 1.29 is 19.3 Å². The Kier molecular flexibility index (Phi) is 3.44. The summed E-state index contributed by atoms with van der Waals surface area (Å²) in [5.74, 6) is 0.